The number of carbonyl (C=O) groups is 2. The number of rotatable bonds is 6. The maximum absolute atomic E-state index is 12.5. The van der Waals surface area contributed by atoms with Gasteiger partial charge in [-0.1, -0.05) is 48.8 Å². The van der Waals surface area contributed by atoms with Gasteiger partial charge in [0.1, 0.15) is 0 Å². The SMILES string of the molecule is CC(C)Cn1c(SC(C)C(=O)NC(=O)NC(C)(C)C)nnc1-c1ccc(Cl)cc1Cl. The van der Waals surface area contributed by atoms with Crippen LogP contribution >= 0.6 is 35.0 Å². The van der Waals surface area contributed by atoms with Gasteiger partial charge in [0, 0.05) is 22.7 Å². The van der Waals surface area contributed by atoms with Crippen molar-refractivity contribution < 1.29 is 9.59 Å². The Labute approximate surface area is 191 Å². The van der Waals surface area contributed by atoms with E-state index in [0.717, 1.165) is 0 Å². The lowest BCUT2D eigenvalue weighted by Gasteiger charge is -2.21. The predicted octanol–water partition coefficient (Wildman–Crippen LogP) is 5.01. The summed E-state index contributed by atoms with van der Waals surface area (Å²) in [5.74, 6) is 0.504. The highest BCUT2D eigenvalue weighted by molar-refractivity contribution is 8.00. The van der Waals surface area contributed by atoms with Crippen LogP contribution in [0.2, 0.25) is 10.0 Å². The molecular weight excluding hydrogens is 445 g/mol. The van der Waals surface area contributed by atoms with E-state index in [1.807, 2.05) is 25.3 Å². The Bertz CT molecular complexity index is 924. The molecule has 0 fully saturated rings. The van der Waals surface area contributed by atoms with Crippen molar-refractivity contribution >= 4 is 46.9 Å². The van der Waals surface area contributed by atoms with Crippen molar-refractivity contribution in [3.63, 3.8) is 0 Å². The number of aromatic nitrogens is 3. The van der Waals surface area contributed by atoms with Crippen molar-refractivity contribution in [2.24, 2.45) is 5.92 Å². The van der Waals surface area contributed by atoms with Gasteiger partial charge < -0.3 is 9.88 Å². The number of halogens is 2. The maximum atomic E-state index is 12.5. The molecule has 0 radical (unpaired) electrons. The topological polar surface area (TPSA) is 88.9 Å². The van der Waals surface area contributed by atoms with Crippen LogP contribution in [-0.4, -0.2) is 37.5 Å². The lowest BCUT2D eigenvalue weighted by atomic mass is 10.1. The largest absolute Gasteiger partial charge is 0.333 e. The second-order valence-corrected chi connectivity index (χ2v) is 10.5. The molecule has 0 bridgehead atoms. The fourth-order valence-electron chi connectivity index (χ4n) is 2.57. The van der Waals surface area contributed by atoms with Crippen molar-refractivity contribution in [1.29, 1.82) is 0 Å². The smallest absolute Gasteiger partial charge is 0.321 e. The molecule has 0 aliphatic heterocycles. The maximum Gasteiger partial charge on any atom is 0.321 e. The molecule has 0 saturated heterocycles. The summed E-state index contributed by atoms with van der Waals surface area (Å²) < 4.78 is 1.93. The summed E-state index contributed by atoms with van der Waals surface area (Å²) in [5.41, 5.74) is 0.271. The molecule has 0 aliphatic rings. The van der Waals surface area contributed by atoms with Gasteiger partial charge in [-0.05, 0) is 51.8 Å². The molecule has 7 nitrogen and oxygen atoms in total. The summed E-state index contributed by atoms with van der Waals surface area (Å²) in [7, 11) is 0. The first-order valence-electron chi connectivity index (χ1n) is 9.55. The number of nitrogens with zero attached hydrogens (tertiary/aromatic N) is 3. The van der Waals surface area contributed by atoms with Gasteiger partial charge in [0.05, 0.1) is 10.3 Å². The van der Waals surface area contributed by atoms with Crippen molar-refractivity contribution in [3.8, 4) is 11.4 Å². The molecule has 1 aromatic carbocycles. The normalized spacial score (nSPS) is 12.7. The average Bonchev–Trinajstić information content (AvgIpc) is 2.94. The van der Waals surface area contributed by atoms with Gasteiger partial charge in [-0.3, -0.25) is 10.1 Å². The molecule has 30 heavy (non-hydrogen) atoms. The van der Waals surface area contributed by atoms with E-state index in [0.29, 0.717) is 39.1 Å². The first kappa shape index (κ1) is 24.5. The number of amides is 3. The lowest BCUT2D eigenvalue weighted by molar-refractivity contribution is -0.119. The van der Waals surface area contributed by atoms with Crippen LogP contribution in [-0.2, 0) is 11.3 Å². The Kier molecular flexibility index (Phi) is 8.19. The Morgan fingerprint density at radius 3 is 2.40 bits per heavy atom. The summed E-state index contributed by atoms with van der Waals surface area (Å²) >= 11 is 13.6. The Balaban J connectivity index is 2.23. The first-order chi connectivity index (χ1) is 13.9. The first-order valence-corrected chi connectivity index (χ1v) is 11.2. The van der Waals surface area contributed by atoms with E-state index in [9.17, 15) is 9.59 Å². The molecule has 3 amide bonds. The van der Waals surface area contributed by atoms with E-state index in [1.54, 1.807) is 25.1 Å². The Hall–Kier alpha value is -1.77. The number of thioether (sulfide) groups is 1. The Morgan fingerprint density at radius 2 is 1.83 bits per heavy atom. The molecule has 1 unspecified atom stereocenters. The zero-order chi connectivity index (χ0) is 22.6. The van der Waals surface area contributed by atoms with E-state index in [-0.39, 0.29) is 0 Å². The van der Waals surface area contributed by atoms with Crippen LogP contribution in [0.1, 0.15) is 41.5 Å². The van der Waals surface area contributed by atoms with Crippen molar-refractivity contribution in [1.82, 2.24) is 25.4 Å². The highest BCUT2D eigenvalue weighted by Crippen LogP contribution is 2.33. The molecule has 0 spiro atoms. The summed E-state index contributed by atoms with van der Waals surface area (Å²) in [4.78, 5) is 24.4. The monoisotopic (exact) mass is 471 g/mol. The van der Waals surface area contributed by atoms with Crippen LogP contribution in [0.5, 0.6) is 0 Å². The summed E-state index contributed by atoms with van der Waals surface area (Å²) in [6, 6.07) is 4.67. The molecule has 2 rings (SSSR count). The quantitative estimate of drug-likeness (QED) is 0.577. The van der Waals surface area contributed by atoms with Crippen LogP contribution < -0.4 is 10.6 Å². The molecule has 1 atom stereocenters. The van der Waals surface area contributed by atoms with E-state index in [2.05, 4.69) is 34.7 Å². The standard InChI is InChI=1S/C20H27Cl2N5O2S/c1-11(2)10-27-16(14-8-7-13(21)9-15(14)22)25-26-19(27)30-12(3)17(28)23-18(29)24-20(4,5)6/h7-9,11-12H,10H2,1-6H3,(H2,23,24,28,29). The highest BCUT2D eigenvalue weighted by Gasteiger charge is 2.24. The van der Waals surface area contributed by atoms with E-state index in [4.69, 9.17) is 23.2 Å². The number of imide groups is 1. The van der Waals surface area contributed by atoms with Gasteiger partial charge in [0.2, 0.25) is 5.91 Å². The third kappa shape index (κ3) is 6.89. The number of nitrogens with one attached hydrogen (secondary N) is 2. The second kappa shape index (κ2) is 10.0. The molecule has 10 heteroatoms. The number of carbonyl (C=O) groups excluding carboxylic acids is 2. The highest BCUT2D eigenvalue weighted by atomic mass is 35.5. The minimum absolute atomic E-state index is 0.312. The van der Waals surface area contributed by atoms with Gasteiger partial charge in [-0.2, -0.15) is 0 Å². The van der Waals surface area contributed by atoms with Crippen LogP contribution in [0.3, 0.4) is 0 Å². The van der Waals surface area contributed by atoms with E-state index >= 15 is 0 Å². The number of benzene rings is 1. The summed E-state index contributed by atoms with van der Waals surface area (Å²) in [6.45, 7) is 12.0. The van der Waals surface area contributed by atoms with Crippen molar-refractivity contribution in [2.75, 3.05) is 0 Å². The molecule has 0 aliphatic carbocycles. The number of urea groups is 1. The van der Waals surface area contributed by atoms with Gasteiger partial charge in [-0.15, -0.1) is 10.2 Å². The van der Waals surface area contributed by atoms with Crippen molar-refractivity contribution in [2.45, 2.75) is 64.0 Å². The molecule has 2 aromatic rings. The fourth-order valence-corrected chi connectivity index (χ4v) is 3.92. The van der Waals surface area contributed by atoms with E-state index in [1.165, 1.54) is 11.8 Å². The Morgan fingerprint density at radius 1 is 1.17 bits per heavy atom. The van der Waals surface area contributed by atoms with Gasteiger partial charge in [0.25, 0.3) is 0 Å². The third-order valence-corrected chi connectivity index (χ3v) is 5.44. The van der Waals surface area contributed by atoms with Crippen LogP contribution in [0.25, 0.3) is 11.4 Å². The lowest BCUT2D eigenvalue weighted by Crippen LogP contribution is -2.49. The number of hydrogen-bond donors (Lipinski definition) is 2. The fraction of sp³-hybridized carbons (Fsp3) is 0.500. The summed E-state index contributed by atoms with van der Waals surface area (Å²) in [5, 5.41) is 14.7. The minimum Gasteiger partial charge on any atom is -0.333 e. The van der Waals surface area contributed by atoms with E-state index < -0.39 is 22.7 Å². The zero-order valence-electron chi connectivity index (χ0n) is 17.9. The average molecular weight is 472 g/mol. The van der Waals surface area contributed by atoms with Crippen LogP contribution in [0, 0.1) is 5.92 Å². The van der Waals surface area contributed by atoms with Crippen LogP contribution in [0.4, 0.5) is 4.79 Å². The molecule has 164 valence electrons. The second-order valence-electron chi connectivity index (χ2n) is 8.39. The van der Waals surface area contributed by atoms with Gasteiger partial charge in [0.15, 0.2) is 11.0 Å². The number of hydrogen-bond acceptors (Lipinski definition) is 5. The molecule has 1 aromatic heterocycles. The minimum atomic E-state index is -0.556. The molecule has 0 saturated carbocycles. The predicted molar refractivity (Wildman–Crippen MR) is 122 cm³/mol. The van der Waals surface area contributed by atoms with Crippen molar-refractivity contribution in [3.05, 3.63) is 28.2 Å². The molecule has 2 N–H and O–H groups in total. The third-order valence-electron chi connectivity index (χ3n) is 3.81. The molecule has 1 heterocycles. The van der Waals surface area contributed by atoms with Gasteiger partial charge in [-0.25, -0.2) is 4.79 Å². The van der Waals surface area contributed by atoms with Gasteiger partial charge >= 0.3 is 6.03 Å². The molecular formula is C20H27Cl2N5O2S. The zero-order valence-corrected chi connectivity index (χ0v) is 20.2. The van der Waals surface area contributed by atoms with Crippen LogP contribution in [0.15, 0.2) is 23.4 Å². The summed E-state index contributed by atoms with van der Waals surface area (Å²) in [6.07, 6.45) is 0.